The molecule has 0 saturated heterocycles. The standard InChI is InChI=1S/C10H17N3O3/c1-7-9(8(2)13(3)12-7)6-11-10(15)16-5-4-14/h14H,4-6H2,1-3H3,(H,11,15). The van der Waals surface area contributed by atoms with Gasteiger partial charge in [0.2, 0.25) is 0 Å². The highest BCUT2D eigenvalue weighted by Crippen LogP contribution is 2.10. The lowest BCUT2D eigenvalue weighted by molar-refractivity contribution is 0.119. The molecule has 0 aromatic carbocycles. The summed E-state index contributed by atoms with van der Waals surface area (Å²) < 4.78 is 6.44. The van der Waals surface area contributed by atoms with Gasteiger partial charge in [-0.2, -0.15) is 5.10 Å². The van der Waals surface area contributed by atoms with Gasteiger partial charge in [0.25, 0.3) is 0 Å². The van der Waals surface area contributed by atoms with Crippen molar-refractivity contribution >= 4 is 6.09 Å². The highest BCUT2D eigenvalue weighted by molar-refractivity contribution is 5.67. The number of aryl methyl sites for hydroxylation is 2. The molecule has 1 heterocycles. The van der Waals surface area contributed by atoms with E-state index in [9.17, 15) is 4.79 Å². The Bertz CT molecular complexity index is 374. The molecule has 0 saturated carbocycles. The van der Waals surface area contributed by atoms with Crippen molar-refractivity contribution in [1.29, 1.82) is 0 Å². The minimum atomic E-state index is -0.531. The van der Waals surface area contributed by atoms with E-state index in [2.05, 4.69) is 15.2 Å². The quantitative estimate of drug-likeness (QED) is 0.773. The molecule has 6 heteroatoms. The predicted molar refractivity (Wildman–Crippen MR) is 58.0 cm³/mol. The highest BCUT2D eigenvalue weighted by atomic mass is 16.6. The van der Waals surface area contributed by atoms with E-state index in [0.29, 0.717) is 6.54 Å². The van der Waals surface area contributed by atoms with E-state index in [0.717, 1.165) is 17.0 Å². The van der Waals surface area contributed by atoms with Gasteiger partial charge in [0.05, 0.1) is 12.3 Å². The zero-order valence-corrected chi connectivity index (χ0v) is 9.78. The van der Waals surface area contributed by atoms with Crippen molar-refractivity contribution in [3.8, 4) is 0 Å². The van der Waals surface area contributed by atoms with Crippen molar-refractivity contribution in [2.24, 2.45) is 7.05 Å². The molecular weight excluding hydrogens is 210 g/mol. The lowest BCUT2D eigenvalue weighted by atomic mass is 10.2. The Morgan fingerprint density at radius 2 is 2.25 bits per heavy atom. The first kappa shape index (κ1) is 12.5. The van der Waals surface area contributed by atoms with Crippen LogP contribution in [0.15, 0.2) is 0 Å². The number of amides is 1. The number of alkyl carbamates (subject to hydrolysis) is 1. The van der Waals surface area contributed by atoms with Crippen molar-refractivity contribution < 1.29 is 14.6 Å². The summed E-state index contributed by atoms with van der Waals surface area (Å²) in [4.78, 5) is 11.1. The number of ether oxygens (including phenoxy) is 1. The SMILES string of the molecule is Cc1nn(C)c(C)c1CNC(=O)OCCO. The van der Waals surface area contributed by atoms with E-state index in [1.807, 2.05) is 20.9 Å². The number of carbonyl (C=O) groups is 1. The fourth-order valence-electron chi connectivity index (χ4n) is 1.42. The summed E-state index contributed by atoms with van der Waals surface area (Å²) in [6.45, 7) is 4.06. The van der Waals surface area contributed by atoms with Crippen LogP contribution in [0.3, 0.4) is 0 Å². The van der Waals surface area contributed by atoms with Crippen LogP contribution in [0.2, 0.25) is 0 Å². The molecule has 1 aromatic heterocycles. The average Bonchev–Trinajstić information content (AvgIpc) is 2.48. The minimum Gasteiger partial charge on any atom is -0.447 e. The van der Waals surface area contributed by atoms with Gasteiger partial charge in [-0.1, -0.05) is 0 Å². The molecule has 0 aliphatic heterocycles. The smallest absolute Gasteiger partial charge is 0.407 e. The Morgan fingerprint density at radius 1 is 1.56 bits per heavy atom. The molecule has 6 nitrogen and oxygen atoms in total. The van der Waals surface area contributed by atoms with E-state index >= 15 is 0 Å². The molecular formula is C10H17N3O3. The van der Waals surface area contributed by atoms with Crippen molar-refractivity contribution in [3.05, 3.63) is 17.0 Å². The van der Waals surface area contributed by atoms with Crippen LogP contribution in [0.25, 0.3) is 0 Å². The van der Waals surface area contributed by atoms with E-state index in [-0.39, 0.29) is 13.2 Å². The number of aliphatic hydroxyl groups is 1. The first-order chi connectivity index (χ1) is 7.56. The molecule has 2 N–H and O–H groups in total. The number of hydrogen-bond donors (Lipinski definition) is 2. The molecule has 0 atom stereocenters. The Hall–Kier alpha value is -1.56. The molecule has 0 spiro atoms. The molecule has 16 heavy (non-hydrogen) atoms. The molecule has 0 radical (unpaired) electrons. The normalized spacial score (nSPS) is 10.2. The Labute approximate surface area is 94.2 Å². The Morgan fingerprint density at radius 3 is 2.75 bits per heavy atom. The van der Waals surface area contributed by atoms with Crippen LogP contribution in [0.4, 0.5) is 4.79 Å². The monoisotopic (exact) mass is 227 g/mol. The molecule has 0 fully saturated rings. The van der Waals surface area contributed by atoms with E-state index < -0.39 is 6.09 Å². The third-order valence-electron chi connectivity index (χ3n) is 2.39. The second-order valence-electron chi connectivity index (χ2n) is 3.49. The summed E-state index contributed by atoms with van der Waals surface area (Å²) in [7, 11) is 1.86. The Balaban J connectivity index is 2.51. The number of nitrogens with one attached hydrogen (secondary N) is 1. The maximum absolute atomic E-state index is 11.1. The predicted octanol–water partition coefficient (Wildman–Crippen LogP) is 0.255. The number of nitrogens with zero attached hydrogens (tertiary/aromatic N) is 2. The fourth-order valence-corrected chi connectivity index (χ4v) is 1.42. The summed E-state index contributed by atoms with van der Waals surface area (Å²) in [5.74, 6) is 0. The second-order valence-corrected chi connectivity index (χ2v) is 3.49. The number of rotatable bonds is 4. The summed E-state index contributed by atoms with van der Waals surface area (Å²) in [6.07, 6.45) is -0.531. The van der Waals surface area contributed by atoms with Gasteiger partial charge in [-0.25, -0.2) is 4.79 Å². The van der Waals surface area contributed by atoms with Gasteiger partial charge in [0.15, 0.2) is 0 Å². The number of hydrogen-bond acceptors (Lipinski definition) is 4. The van der Waals surface area contributed by atoms with Crippen molar-refractivity contribution in [2.75, 3.05) is 13.2 Å². The number of aliphatic hydroxyl groups excluding tert-OH is 1. The lowest BCUT2D eigenvalue weighted by Gasteiger charge is -2.06. The average molecular weight is 227 g/mol. The molecule has 1 rings (SSSR count). The molecule has 90 valence electrons. The lowest BCUT2D eigenvalue weighted by Crippen LogP contribution is -2.25. The van der Waals surface area contributed by atoms with Crippen molar-refractivity contribution in [2.45, 2.75) is 20.4 Å². The van der Waals surface area contributed by atoms with Crippen LogP contribution in [-0.4, -0.2) is 34.2 Å². The van der Waals surface area contributed by atoms with Crippen LogP contribution in [0, 0.1) is 13.8 Å². The van der Waals surface area contributed by atoms with Gasteiger partial charge < -0.3 is 15.2 Å². The van der Waals surface area contributed by atoms with Crippen LogP contribution in [0.5, 0.6) is 0 Å². The molecule has 1 aromatic rings. The van der Waals surface area contributed by atoms with Crippen molar-refractivity contribution in [1.82, 2.24) is 15.1 Å². The molecule has 1 amide bonds. The number of aromatic nitrogens is 2. The maximum atomic E-state index is 11.1. The van der Waals surface area contributed by atoms with Crippen LogP contribution < -0.4 is 5.32 Å². The maximum Gasteiger partial charge on any atom is 0.407 e. The molecule has 0 unspecified atom stereocenters. The summed E-state index contributed by atoms with van der Waals surface area (Å²) >= 11 is 0. The number of carbonyl (C=O) groups excluding carboxylic acids is 1. The molecule has 0 aliphatic rings. The zero-order chi connectivity index (χ0) is 12.1. The minimum absolute atomic E-state index is 0.0108. The third-order valence-corrected chi connectivity index (χ3v) is 2.39. The van der Waals surface area contributed by atoms with Gasteiger partial charge in [0, 0.05) is 24.8 Å². The highest BCUT2D eigenvalue weighted by Gasteiger charge is 2.10. The topological polar surface area (TPSA) is 76.4 Å². The first-order valence-electron chi connectivity index (χ1n) is 5.06. The largest absolute Gasteiger partial charge is 0.447 e. The fraction of sp³-hybridized carbons (Fsp3) is 0.600. The van der Waals surface area contributed by atoms with Crippen LogP contribution >= 0.6 is 0 Å². The van der Waals surface area contributed by atoms with Gasteiger partial charge in [-0.3, -0.25) is 4.68 Å². The van der Waals surface area contributed by atoms with Crippen LogP contribution in [-0.2, 0) is 18.3 Å². The Kier molecular flexibility index (Phi) is 4.30. The molecule has 0 aliphatic carbocycles. The van der Waals surface area contributed by atoms with Crippen molar-refractivity contribution in [3.63, 3.8) is 0 Å². The van der Waals surface area contributed by atoms with E-state index in [4.69, 9.17) is 5.11 Å². The molecule has 0 bridgehead atoms. The van der Waals surface area contributed by atoms with Gasteiger partial charge >= 0.3 is 6.09 Å². The first-order valence-corrected chi connectivity index (χ1v) is 5.06. The van der Waals surface area contributed by atoms with Gasteiger partial charge in [-0.15, -0.1) is 0 Å². The second kappa shape index (κ2) is 5.50. The van der Waals surface area contributed by atoms with Gasteiger partial charge in [-0.05, 0) is 13.8 Å². The summed E-state index contributed by atoms with van der Waals surface area (Å²) in [5, 5.41) is 15.3. The summed E-state index contributed by atoms with van der Waals surface area (Å²) in [5.41, 5.74) is 2.89. The van der Waals surface area contributed by atoms with E-state index in [1.54, 1.807) is 4.68 Å². The van der Waals surface area contributed by atoms with Crippen LogP contribution in [0.1, 0.15) is 17.0 Å². The summed E-state index contributed by atoms with van der Waals surface area (Å²) in [6, 6.07) is 0. The van der Waals surface area contributed by atoms with Gasteiger partial charge in [0.1, 0.15) is 6.61 Å². The van der Waals surface area contributed by atoms with E-state index in [1.165, 1.54) is 0 Å². The third kappa shape index (κ3) is 2.96. The zero-order valence-electron chi connectivity index (χ0n) is 9.78.